The van der Waals surface area contributed by atoms with E-state index >= 15 is 0 Å². The molecule has 2 aromatic rings. The standard InChI is InChI=1S/C15H17NO2S/c17-13-5-1-3-10(15(13)18)9-16-12-4-2-6-14-11(12)7-8-19-14/h1,3,5,7-8,12,16-18H,2,4,6,9H2. The van der Waals surface area contributed by atoms with Crippen molar-refractivity contribution in [2.45, 2.75) is 31.8 Å². The normalized spacial score (nSPS) is 18.2. The molecule has 0 saturated carbocycles. The third kappa shape index (κ3) is 2.46. The fraction of sp³-hybridized carbons (Fsp3) is 0.333. The van der Waals surface area contributed by atoms with E-state index < -0.39 is 0 Å². The Labute approximate surface area is 116 Å². The Kier molecular flexibility index (Phi) is 3.44. The molecular formula is C15H17NO2S. The van der Waals surface area contributed by atoms with E-state index in [1.807, 2.05) is 17.4 Å². The van der Waals surface area contributed by atoms with Crippen LogP contribution in [0.4, 0.5) is 0 Å². The van der Waals surface area contributed by atoms with Gasteiger partial charge in [-0.25, -0.2) is 0 Å². The molecule has 1 aliphatic rings. The van der Waals surface area contributed by atoms with Gasteiger partial charge in [-0.3, -0.25) is 0 Å². The maximum Gasteiger partial charge on any atom is 0.161 e. The summed E-state index contributed by atoms with van der Waals surface area (Å²) in [5.41, 5.74) is 2.14. The van der Waals surface area contributed by atoms with Crippen LogP contribution in [0.15, 0.2) is 29.6 Å². The molecule has 1 atom stereocenters. The summed E-state index contributed by atoms with van der Waals surface area (Å²) in [6, 6.07) is 7.63. The lowest BCUT2D eigenvalue weighted by Crippen LogP contribution is -2.23. The molecule has 0 bridgehead atoms. The van der Waals surface area contributed by atoms with Gasteiger partial charge in [0.15, 0.2) is 11.5 Å². The molecule has 1 unspecified atom stereocenters. The van der Waals surface area contributed by atoms with Gasteiger partial charge in [-0.2, -0.15) is 0 Å². The highest BCUT2D eigenvalue weighted by molar-refractivity contribution is 7.10. The number of benzene rings is 1. The fourth-order valence-electron chi connectivity index (χ4n) is 2.65. The molecular weight excluding hydrogens is 258 g/mol. The minimum absolute atomic E-state index is 0.0173. The van der Waals surface area contributed by atoms with Crippen LogP contribution in [0.2, 0.25) is 0 Å². The van der Waals surface area contributed by atoms with Crippen molar-refractivity contribution in [1.82, 2.24) is 5.32 Å². The Balaban J connectivity index is 1.73. The van der Waals surface area contributed by atoms with Gasteiger partial charge in [0.1, 0.15) is 0 Å². The van der Waals surface area contributed by atoms with Gasteiger partial charge in [0.25, 0.3) is 0 Å². The molecule has 1 aliphatic carbocycles. The van der Waals surface area contributed by atoms with E-state index in [1.165, 1.54) is 29.3 Å². The molecule has 0 radical (unpaired) electrons. The number of para-hydroxylation sites is 1. The highest BCUT2D eigenvalue weighted by atomic mass is 32.1. The molecule has 3 nitrogen and oxygen atoms in total. The second-order valence-corrected chi connectivity index (χ2v) is 5.91. The van der Waals surface area contributed by atoms with E-state index in [0.29, 0.717) is 12.6 Å². The lowest BCUT2D eigenvalue weighted by Gasteiger charge is -2.24. The van der Waals surface area contributed by atoms with Gasteiger partial charge in [-0.15, -0.1) is 11.3 Å². The van der Waals surface area contributed by atoms with Gasteiger partial charge < -0.3 is 15.5 Å². The van der Waals surface area contributed by atoms with E-state index in [0.717, 1.165) is 12.0 Å². The van der Waals surface area contributed by atoms with Crippen LogP contribution in [0.3, 0.4) is 0 Å². The third-order valence-electron chi connectivity index (χ3n) is 3.69. The molecule has 1 heterocycles. The molecule has 0 amide bonds. The fourth-order valence-corrected chi connectivity index (χ4v) is 3.64. The van der Waals surface area contributed by atoms with E-state index in [-0.39, 0.29) is 11.5 Å². The first kappa shape index (κ1) is 12.5. The zero-order valence-corrected chi connectivity index (χ0v) is 11.4. The van der Waals surface area contributed by atoms with Crippen molar-refractivity contribution >= 4 is 11.3 Å². The van der Waals surface area contributed by atoms with Crippen molar-refractivity contribution in [2.24, 2.45) is 0 Å². The highest BCUT2D eigenvalue weighted by Gasteiger charge is 2.20. The van der Waals surface area contributed by atoms with Crippen LogP contribution in [0.5, 0.6) is 11.5 Å². The minimum atomic E-state index is -0.0563. The third-order valence-corrected chi connectivity index (χ3v) is 4.69. The average Bonchev–Trinajstić information content (AvgIpc) is 2.89. The predicted octanol–water partition coefficient (Wildman–Crippen LogP) is 3.33. The van der Waals surface area contributed by atoms with Gasteiger partial charge in [-0.05, 0) is 42.3 Å². The molecule has 1 aromatic heterocycles. The van der Waals surface area contributed by atoms with Crippen LogP contribution < -0.4 is 5.32 Å². The zero-order valence-electron chi connectivity index (χ0n) is 10.6. The van der Waals surface area contributed by atoms with Crippen LogP contribution in [0.1, 0.15) is 34.9 Å². The number of rotatable bonds is 3. The van der Waals surface area contributed by atoms with Crippen LogP contribution in [0.25, 0.3) is 0 Å². The summed E-state index contributed by atoms with van der Waals surface area (Å²) in [6.07, 6.45) is 3.52. The number of thiophene rings is 1. The summed E-state index contributed by atoms with van der Waals surface area (Å²) >= 11 is 1.83. The predicted molar refractivity (Wildman–Crippen MR) is 76.6 cm³/mol. The summed E-state index contributed by atoms with van der Waals surface area (Å²) in [6.45, 7) is 0.570. The average molecular weight is 275 g/mol. The Bertz CT molecular complexity index is 579. The second-order valence-electron chi connectivity index (χ2n) is 4.91. The number of phenols is 2. The first-order valence-corrected chi connectivity index (χ1v) is 7.43. The minimum Gasteiger partial charge on any atom is -0.504 e. The molecule has 1 aromatic carbocycles. The quantitative estimate of drug-likeness (QED) is 0.753. The van der Waals surface area contributed by atoms with Crippen molar-refractivity contribution in [3.8, 4) is 11.5 Å². The van der Waals surface area contributed by atoms with Crippen LogP contribution in [-0.4, -0.2) is 10.2 Å². The van der Waals surface area contributed by atoms with Crippen molar-refractivity contribution in [2.75, 3.05) is 0 Å². The molecule has 0 fully saturated rings. The van der Waals surface area contributed by atoms with Crippen molar-refractivity contribution < 1.29 is 10.2 Å². The van der Waals surface area contributed by atoms with Gasteiger partial charge in [-0.1, -0.05) is 12.1 Å². The van der Waals surface area contributed by atoms with Gasteiger partial charge in [0, 0.05) is 23.0 Å². The second kappa shape index (κ2) is 5.23. The molecule has 0 spiro atoms. The van der Waals surface area contributed by atoms with Crippen LogP contribution >= 0.6 is 11.3 Å². The number of hydrogen-bond acceptors (Lipinski definition) is 4. The first-order valence-electron chi connectivity index (χ1n) is 6.55. The van der Waals surface area contributed by atoms with E-state index in [1.54, 1.807) is 6.07 Å². The summed E-state index contributed by atoms with van der Waals surface area (Å²) in [5, 5.41) is 24.9. The Hall–Kier alpha value is -1.52. The molecule has 3 rings (SSSR count). The molecule has 0 saturated heterocycles. The Morgan fingerprint density at radius 3 is 3.05 bits per heavy atom. The lowest BCUT2D eigenvalue weighted by molar-refractivity contribution is 0.393. The number of aromatic hydroxyl groups is 2. The molecule has 4 heteroatoms. The summed E-state index contributed by atoms with van der Waals surface area (Å²) in [5.74, 6) is -0.0736. The van der Waals surface area contributed by atoms with Crippen molar-refractivity contribution in [1.29, 1.82) is 0 Å². The topological polar surface area (TPSA) is 52.5 Å². The van der Waals surface area contributed by atoms with Gasteiger partial charge in [0.2, 0.25) is 0 Å². The van der Waals surface area contributed by atoms with E-state index in [9.17, 15) is 10.2 Å². The maximum absolute atomic E-state index is 9.79. The van der Waals surface area contributed by atoms with Crippen LogP contribution in [-0.2, 0) is 13.0 Å². The Morgan fingerprint density at radius 2 is 2.16 bits per heavy atom. The zero-order chi connectivity index (χ0) is 13.2. The highest BCUT2D eigenvalue weighted by Crippen LogP contribution is 2.34. The van der Waals surface area contributed by atoms with Gasteiger partial charge >= 0.3 is 0 Å². The molecule has 100 valence electrons. The van der Waals surface area contributed by atoms with E-state index in [2.05, 4.69) is 16.8 Å². The number of nitrogens with one attached hydrogen (secondary N) is 1. The Morgan fingerprint density at radius 1 is 1.26 bits per heavy atom. The molecule has 3 N–H and O–H groups in total. The number of phenolic OH excluding ortho intramolecular Hbond substituents is 2. The number of hydrogen-bond donors (Lipinski definition) is 3. The summed E-state index contributed by atoms with van der Waals surface area (Å²) in [4.78, 5) is 1.48. The van der Waals surface area contributed by atoms with E-state index in [4.69, 9.17) is 0 Å². The first-order chi connectivity index (χ1) is 9.25. The van der Waals surface area contributed by atoms with Crippen molar-refractivity contribution in [3.05, 3.63) is 45.6 Å². The molecule has 0 aliphatic heterocycles. The molecule has 19 heavy (non-hydrogen) atoms. The number of aryl methyl sites for hydroxylation is 1. The largest absolute Gasteiger partial charge is 0.504 e. The summed E-state index contributed by atoms with van der Waals surface area (Å²) < 4.78 is 0. The maximum atomic E-state index is 9.79. The number of fused-ring (bicyclic) bond motifs is 1. The van der Waals surface area contributed by atoms with Crippen molar-refractivity contribution in [3.63, 3.8) is 0 Å². The monoisotopic (exact) mass is 275 g/mol. The van der Waals surface area contributed by atoms with Crippen LogP contribution in [0, 0.1) is 0 Å². The SMILES string of the molecule is Oc1cccc(CNC2CCCc3sccc32)c1O. The summed E-state index contributed by atoms with van der Waals surface area (Å²) in [7, 11) is 0. The lowest BCUT2D eigenvalue weighted by atomic mass is 9.94. The smallest absolute Gasteiger partial charge is 0.161 e. The van der Waals surface area contributed by atoms with Gasteiger partial charge in [0.05, 0.1) is 0 Å².